The molecule has 2 heterocycles. The van der Waals surface area contributed by atoms with Crippen LogP contribution in [0, 0.1) is 20.8 Å². The van der Waals surface area contributed by atoms with Crippen LogP contribution in [0.2, 0.25) is 0 Å². The average Bonchev–Trinajstić information content (AvgIpc) is 3.44. The predicted molar refractivity (Wildman–Crippen MR) is 140 cm³/mol. The molecular formula is C29H32N4O3. The first-order valence-electron chi connectivity index (χ1n) is 12.5. The van der Waals surface area contributed by atoms with E-state index in [-0.39, 0.29) is 17.7 Å². The third-order valence-electron chi connectivity index (χ3n) is 7.64. The molecule has 7 heteroatoms. The van der Waals surface area contributed by atoms with Gasteiger partial charge in [0.1, 0.15) is 0 Å². The number of aryl methyl sites for hydroxylation is 3. The number of rotatable bonds is 6. The smallest absolute Gasteiger partial charge is 0.276 e. The number of aromatic nitrogens is 3. The first-order chi connectivity index (χ1) is 17.3. The molecule has 0 aliphatic heterocycles. The number of aromatic amines is 1. The third-order valence-corrected chi connectivity index (χ3v) is 7.64. The lowest BCUT2D eigenvalue weighted by molar-refractivity contribution is 0.0940. The molecule has 0 spiro atoms. The minimum absolute atomic E-state index is 0.143. The molecule has 0 saturated heterocycles. The lowest BCUT2D eigenvalue weighted by atomic mass is 9.78. The van der Waals surface area contributed by atoms with E-state index in [4.69, 9.17) is 0 Å². The molecule has 36 heavy (non-hydrogen) atoms. The van der Waals surface area contributed by atoms with Gasteiger partial charge in [0.25, 0.3) is 11.3 Å². The van der Waals surface area contributed by atoms with Gasteiger partial charge in [0.2, 0.25) is 0 Å². The second-order valence-corrected chi connectivity index (χ2v) is 10.2. The SMILES string of the molecule is Cc1cccc(C2(Cn3cc(O)c(=O)c(C(=O)NCc4ccc5[nH]c(C)c(C)c5c4)n3)CCCC2)c1. The second kappa shape index (κ2) is 9.30. The Morgan fingerprint density at radius 2 is 1.92 bits per heavy atom. The number of nitrogens with zero attached hydrogens (tertiary/aromatic N) is 2. The van der Waals surface area contributed by atoms with Crippen molar-refractivity contribution in [2.24, 2.45) is 0 Å². The first-order valence-corrected chi connectivity index (χ1v) is 12.5. The number of H-pyrrole nitrogens is 1. The number of fused-ring (bicyclic) bond motifs is 1. The van der Waals surface area contributed by atoms with E-state index in [1.54, 1.807) is 4.68 Å². The van der Waals surface area contributed by atoms with Crippen LogP contribution in [0.1, 0.15) is 64.1 Å². The van der Waals surface area contributed by atoms with Crippen LogP contribution in [-0.2, 0) is 18.5 Å². The molecule has 1 amide bonds. The van der Waals surface area contributed by atoms with Crippen LogP contribution in [0.3, 0.4) is 0 Å². The Labute approximate surface area is 210 Å². The molecule has 1 saturated carbocycles. The normalized spacial score (nSPS) is 14.9. The van der Waals surface area contributed by atoms with Gasteiger partial charge in [-0.15, -0.1) is 0 Å². The van der Waals surface area contributed by atoms with E-state index < -0.39 is 17.1 Å². The van der Waals surface area contributed by atoms with Gasteiger partial charge in [-0.3, -0.25) is 14.3 Å². The fourth-order valence-electron chi connectivity index (χ4n) is 5.51. The summed E-state index contributed by atoms with van der Waals surface area (Å²) in [6.45, 7) is 6.91. The fraction of sp³-hybridized carbons (Fsp3) is 0.345. The quantitative estimate of drug-likeness (QED) is 0.366. The summed E-state index contributed by atoms with van der Waals surface area (Å²) in [7, 11) is 0. The number of nitrogens with one attached hydrogen (secondary N) is 2. The molecule has 0 unspecified atom stereocenters. The maximum absolute atomic E-state index is 13.0. The Kier molecular flexibility index (Phi) is 6.16. The van der Waals surface area contributed by atoms with Crippen molar-refractivity contribution in [1.29, 1.82) is 0 Å². The number of carbonyl (C=O) groups is 1. The molecule has 1 aliphatic rings. The minimum Gasteiger partial charge on any atom is -0.503 e. The maximum atomic E-state index is 13.0. The molecule has 1 aliphatic carbocycles. The molecule has 4 aromatic rings. The van der Waals surface area contributed by atoms with E-state index in [1.807, 2.05) is 25.1 Å². The van der Waals surface area contributed by atoms with E-state index in [9.17, 15) is 14.7 Å². The van der Waals surface area contributed by atoms with E-state index >= 15 is 0 Å². The first kappa shape index (κ1) is 23.9. The lowest BCUT2D eigenvalue weighted by Gasteiger charge is -2.30. The summed E-state index contributed by atoms with van der Waals surface area (Å²) in [5.74, 6) is -1.06. The lowest BCUT2D eigenvalue weighted by Crippen LogP contribution is -2.34. The summed E-state index contributed by atoms with van der Waals surface area (Å²) >= 11 is 0. The number of carbonyl (C=O) groups excluding carboxylic acids is 1. The van der Waals surface area contributed by atoms with Gasteiger partial charge in [0.05, 0.1) is 12.7 Å². The summed E-state index contributed by atoms with van der Waals surface area (Å²) in [5, 5.41) is 18.7. The van der Waals surface area contributed by atoms with Gasteiger partial charge in [-0.05, 0) is 62.4 Å². The summed E-state index contributed by atoms with van der Waals surface area (Å²) in [5.41, 5.74) is 5.49. The monoisotopic (exact) mass is 484 g/mol. The predicted octanol–water partition coefficient (Wildman–Crippen LogP) is 4.80. The van der Waals surface area contributed by atoms with Crippen molar-refractivity contribution in [2.45, 2.75) is 65.0 Å². The number of benzene rings is 2. The maximum Gasteiger partial charge on any atom is 0.276 e. The highest BCUT2D eigenvalue weighted by atomic mass is 16.3. The molecule has 186 valence electrons. The minimum atomic E-state index is -0.757. The summed E-state index contributed by atoms with van der Waals surface area (Å²) in [4.78, 5) is 29.0. The van der Waals surface area contributed by atoms with Gasteiger partial charge in [0, 0.05) is 28.6 Å². The Hall–Kier alpha value is -3.87. The molecule has 5 rings (SSSR count). The van der Waals surface area contributed by atoms with E-state index in [0.29, 0.717) is 6.54 Å². The molecule has 3 N–H and O–H groups in total. The van der Waals surface area contributed by atoms with Crippen LogP contribution in [0.4, 0.5) is 0 Å². The Morgan fingerprint density at radius 1 is 1.14 bits per heavy atom. The molecular weight excluding hydrogens is 452 g/mol. The van der Waals surface area contributed by atoms with Gasteiger partial charge >= 0.3 is 0 Å². The molecule has 2 aromatic heterocycles. The highest BCUT2D eigenvalue weighted by Gasteiger charge is 2.36. The highest BCUT2D eigenvalue weighted by molar-refractivity contribution is 5.92. The number of hydrogen-bond donors (Lipinski definition) is 3. The van der Waals surface area contributed by atoms with E-state index in [1.165, 1.54) is 22.9 Å². The van der Waals surface area contributed by atoms with Gasteiger partial charge in [-0.2, -0.15) is 5.10 Å². The van der Waals surface area contributed by atoms with Crippen molar-refractivity contribution >= 4 is 16.8 Å². The Bertz CT molecular complexity index is 1510. The van der Waals surface area contributed by atoms with Crippen molar-refractivity contribution in [3.8, 4) is 5.75 Å². The molecule has 1 fully saturated rings. The van der Waals surface area contributed by atoms with Crippen LogP contribution < -0.4 is 10.7 Å². The summed E-state index contributed by atoms with van der Waals surface area (Å²) in [6.07, 6.45) is 5.55. The zero-order valence-electron chi connectivity index (χ0n) is 21.0. The van der Waals surface area contributed by atoms with Crippen LogP contribution in [-0.4, -0.2) is 25.8 Å². The standard InChI is InChI=1S/C29H32N4O3/c1-18-7-6-8-22(13-18)29(11-4-5-12-29)17-33-16-25(34)27(35)26(32-33)28(36)30-15-21-9-10-24-23(14-21)19(2)20(3)31-24/h6-10,13-14,16,31,34H,4-5,11-12,15,17H2,1-3H3,(H,30,36). The van der Waals surface area contributed by atoms with Gasteiger partial charge in [0.15, 0.2) is 11.4 Å². The second-order valence-electron chi connectivity index (χ2n) is 10.2. The number of amides is 1. The number of aromatic hydroxyl groups is 1. The average molecular weight is 485 g/mol. The Balaban J connectivity index is 1.39. The zero-order valence-corrected chi connectivity index (χ0v) is 21.0. The van der Waals surface area contributed by atoms with Crippen LogP contribution >= 0.6 is 0 Å². The third kappa shape index (κ3) is 4.41. The fourth-order valence-corrected chi connectivity index (χ4v) is 5.51. The molecule has 2 aromatic carbocycles. The van der Waals surface area contributed by atoms with E-state index in [2.05, 4.69) is 53.5 Å². The van der Waals surface area contributed by atoms with Crippen molar-refractivity contribution in [1.82, 2.24) is 20.1 Å². The molecule has 0 atom stereocenters. The Morgan fingerprint density at radius 3 is 2.67 bits per heavy atom. The van der Waals surface area contributed by atoms with Crippen molar-refractivity contribution < 1.29 is 9.90 Å². The van der Waals surface area contributed by atoms with Crippen molar-refractivity contribution in [2.75, 3.05) is 0 Å². The van der Waals surface area contributed by atoms with Crippen molar-refractivity contribution in [3.05, 3.63) is 92.5 Å². The van der Waals surface area contributed by atoms with Gasteiger partial charge in [-0.1, -0.05) is 48.7 Å². The van der Waals surface area contributed by atoms with Crippen LogP contribution in [0.15, 0.2) is 53.5 Å². The van der Waals surface area contributed by atoms with Crippen molar-refractivity contribution in [3.63, 3.8) is 0 Å². The van der Waals surface area contributed by atoms with E-state index in [0.717, 1.165) is 47.8 Å². The topological polar surface area (TPSA) is 100 Å². The van der Waals surface area contributed by atoms with Crippen LogP contribution in [0.5, 0.6) is 5.75 Å². The summed E-state index contributed by atoms with van der Waals surface area (Å²) in [6, 6.07) is 14.4. The zero-order chi connectivity index (χ0) is 25.4. The van der Waals surface area contributed by atoms with Gasteiger partial charge in [-0.25, -0.2) is 0 Å². The molecule has 7 nitrogen and oxygen atoms in total. The van der Waals surface area contributed by atoms with Crippen LogP contribution in [0.25, 0.3) is 10.9 Å². The number of hydrogen-bond acceptors (Lipinski definition) is 4. The molecule has 0 bridgehead atoms. The molecule has 0 radical (unpaired) electrons. The highest BCUT2D eigenvalue weighted by Crippen LogP contribution is 2.42. The van der Waals surface area contributed by atoms with Gasteiger partial charge < -0.3 is 15.4 Å². The summed E-state index contributed by atoms with van der Waals surface area (Å²) < 4.78 is 1.57. The largest absolute Gasteiger partial charge is 0.503 e.